The predicted octanol–water partition coefficient (Wildman–Crippen LogP) is 2.17. The molecule has 2 atom stereocenters. The van der Waals surface area contributed by atoms with Gasteiger partial charge in [0, 0.05) is 4.88 Å². The van der Waals surface area contributed by atoms with Crippen molar-refractivity contribution in [3.63, 3.8) is 0 Å². The summed E-state index contributed by atoms with van der Waals surface area (Å²) in [6.45, 7) is 5.41. The van der Waals surface area contributed by atoms with Crippen molar-refractivity contribution in [2.75, 3.05) is 19.0 Å². The van der Waals surface area contributed by atoms with Crippen LogP contribution >= 0.6 is 11.3 Å². The molecular formula is C19H25N3O5S. The summed E-state index contributed by atoms with van der Waals surface area (Å²) >= 11 is 1.37. The molecule has 2 heterocycles. The minimum Gasteiger partial charge on any atom is -0.465 e. The largest absolute Gasteiger partial charge is 0.465 e. The molecule has 0 bridgehead atoms. The number of hydrogen-bond donors (Lipinski definition) is 2. The van der Waals surface area contributed by atoms with Crippen molar-refractivity contribution in [2.45, 2.75) is 46.1 Å². The fourth-order valence-corrected chi connectivity index (χ4v) is 5.02. The van der Waals surface area contributed by atoms with Crippen LogP contribution in [0.15, 0.2) is 0 Å². The van der Waals surface area contributed by atoms with Crippen LogP contribution in [0.1, 0.15) is 48.0 Å². The van der Waals surface area contributed by atoms with Crippen LogP contribution in [0.2, 0.25) is 0 Å². The fraction of sp³-hybridized carbons (Fsp3) is 0.579. The molecule has 152 valence electrons. The highest BCUT2D eigenvalue weighted by Gasteiger charge is 2.40. The smallest absolute Gasteiger partial charge is 0.341 e. The van der Waals surface area contributed by atoms with Gasteiger partial charge < -0.3 is 15.4 Å². The lowest BCUT2D eigenvalue weighted by Crippen LogP contribution is -2.39. The molecule has 9 heteroatoms. The van der Waals surface area contributed by atoms with Gasteiger partial charge in [0.25, 0.3) is 5.91 Å². The van der Waals surface area contributed by atoms with Gasteiger partial charge in [-0.05, 0) is 36.7 Å². The van der Waals surface area contributed by atoms with Crippen LogP contribution in [0.4, 0.5) is 9.80 Å². The third kappa shape index (κ3) is 3.76. The molecule has 8 nitrogen and oxygen atoms in total. The number of thiophene rings is 1. The Labute approximate surface area is 167 Å². The third-order valence-electron chi connectivity index (χ3n) is 5.18. The van der Waals surface area contributed by atoms with E-state index in [4.69, 9.17) is 4.74 Å². The standard InChI is InChI=1S/C19H25N3O5S/c1-9(2)15-17(24)22(19(26)21-15)8-13(23)20-16-14(18(25)27-4)11-6-5-10(3)7-12(11)28-16/h9-10,15H,5-8H2,1-4H3,(H,20,23)(H,21,26). The summed E-state index contributed by atoms with van der Waals surface area (Å²) in [5.74, 6) is -0.981. The number of rotatable bonds is 5. The van der Waals surface area contributed by atoms with E-state index in [1.165, 1.54) is 18.4 Å². The van der Waals surface area contributed by atoms with Crippen molar-refractivity contribution in [1.29, 1.82) is 0 Å². The number of nitrogens with zero attached hydrogens (tertiary/aromatic N) is 1. The van der Waals surface area contributed by atoms with Gasteiger partial charge >= 0.3 is 12.0 Å². The van der Waals surface area contributed by atoms with Crippen molar-refractivity contribution in [2.24, 2.45) is 11.8 Å². The van der Waals surface area contributed by atoms with Gasteiger partial charge in [0.2, 0.25) is 5.91 Å². The Balaban J connectivity index is 1.78. The van der Waals surface area contributed by atoms with Crippen LogP contribution in [0.25, 0.3) is 0 Å². The first kappa shape index (κ1) is 20.3. The minimum atomic E-state index is -0.624. The summed E-state index contributed by atoms with van der Waals surface area (Å²) in [7, 11) is 1.31. The number of carbonyl (C=O) groups is 4. The molecule has 1 aliphatic carbocycles. The lowest BCUT2D eigenvalue weighted by atomic mass is 9.88. The lowest BCUT2D eigenvalue weighted by molar-refractivity contribution is -0.131. The van der Waals surface area contributed by atoms with Crippen molar-refractivity contribution in [3.8, 4) is 0 Å². The Kier molecular flexibility index (Phi) is 5.74. The first-order valence-electron chi connectivity index (χ1n) is 9.37. The molecule has 2 aliphatic rings. The average molecular weight is 407 g/mol. The van der Waals surface area contributed by atoms with E-state index in [0.29, 0.717) is 16.5 Å². The number of esters is 1. The van der Waals surface area contributed by atoms with Gasteiger partial charge in [0.15, 0.2) is 0 Å². The second-order valence-electron chi connectivity index (χ2n) is 7.69. The van der Waals surface area contributed by atoms with E-state index in [1.807, 2.05) is 13.8 Å². The van der Waals surface area contributed by atoms with Crippen LogP contribution in [0.5, 0.6) is 0 Å². The van der Waals surface area contributed by atoms with E-state index >= 15 is 0 Å². The van der Waals surface area contributed by atoms with E-state index in [2.05, 4.69) is 17.6 Å². The number of methoxy groups -OCH3 is 1. The number of hydrogen-bond acceptors (Lipinski definition) is 6. The van der Waals surface area contributed by atoms with Gasteiger partial charge in [0.05, 0.1) is 12.7 Å². The number of imide groups is 1. The second-order valence-corrected chi connectivity index (χ2v) is 8.80. The fourth-order valence-electron chi connectivity index (χ4n) is 3.61. The lowest BCUT2D eigenvalue weighted by Gasteiger charge is -2.18. The molecule has 3 rings (SSSR count). The van der Waals surface area contributed by atoms with Gasteiger partial charge in [-0.3, -0.25) is 14.5 Å². The number of urea groups is 1. The summed E-state index contributed by atoms with van der Waals surface area (Å²) in [6, 6.07) is -1.20. The van der Waals surface area contributed by atoms with Crippen LogP contribution < -0.4 is 10.6 Å². The number of ether oxygens (including phenoxy) is 1. The summed E-state index contributed by atoms with van der Waals surface area (Å²) in [4.78, 5) is 51.2. The Morgan fingerprint density at radius 1 is 1.36 bits per heavy atom. The van der Waals surface area contributed by atoms with E-state index in [-0.39, 0.29) is 5.92 Å². The normalized spacial score (nSPS) is 21.5. The van der Waals surface area contributed by atoms with Gasteiger partial charge in [-0.2, -0.15) is 0 Å². The van der Waals surface area contributed by atoms with Gasteiger partial charge in [-0.1, -0.05) is 20.8 Å². The molecule has 0 saturated carbocycles. The van der Waals surface area contributed by atoms with Crippen molar-refractivity contribution < 1.29 is 23.9 Å². The van der Waals surface area contributed by atoms with Crippen LogP contribution in [-0.4, -0.2) is 48.4 Å². The molecule has 0 radical (unpaired) electrons. The number of anilines is 1. The summed E-state index contributed by atoms with van der Waals surface area (Å²) in [6.07, 6.45) is 2.58. The molecule has 2 N–H and O–H groups in total. The Hall–Kier alpha value is -2.42. The van der Waals surface area contributed by atoms with Crippen molar-refractivity contribution >= 4 is 40.2 Å². The third-order valence-corrected chi connectivity index (χ3v) is 6.35. The van der Waals surface area contributed by atoms with E-state index in [1.54, 1.807) is 0 Å². The molecule has 1 fully saturated rings. The monoisotopic (exact) mass is 407 g/mol. The summed E-state index contributed by atoms with van der Waals surface area (Å²) in [5, 5.41) is 5.73. The molecule has 2 unspecified atom stereocenters. The predicted molar refractivity (Wildman–Crippen MR) is 104 cm³/mol. The Morgan fingerprint density at radius 3 is 2.68 bits per heavy atom. The molecule has 0 spiro atoms. The SMILES string of the molecule is COC(=O)c1c(NC(=O)CN2C(=O)NC(C(C)C)C2=O)sc2c1CCC(C)C2. The first-order chi connectivity index (χ1) is 13.2. The van der Waals surface area contributed by atoms with E-state index in [9.17, 15) is 19.2 Å². The number of fused-ring (bicyclic) bond motifs is 1. The maximum Gasteiger partial charge on any atom is 0.341 e. The maximum atomic E-state index is 12.5. The van der Waals surface area contributed by atoms with Crippen LogP contribution in [-0.2, 0) is 27.2 Å². The van der Waals surface area contributed by atoms with Crippen LogP contribution in [0, 0.1) is 11.8 Å². The molecule has 28 heavy (non-hydrogen) atoms. The zero-order chi connectivity index (χ0) is 20.6. The molecule has 4 amide bonds. The Morgan fingerprint density at radius 2 is 2.07 bits per heavy atom. The highest BCUT2D eigenvalue weighted by molar-refractivity contribution is 7.17. The molecule has 1 aromatic rings. The molecular weight excluding hydrogens is 382 g/mol. The highest BCUT2D eigenvalue weighted by atomic mass is 32.1. The molecule has 1 aromatic heterocycles. The number of carbonyl (C=O) groups excluding carboxylic acids is 4. The maximum absolute atomic E-state index is 12.5. The number of amides is 4. The quantitative estimate of drug-likeness (QED) is 0.575. The number of nitrogens with one attached hydrogen (secondary N) is 2. The average Bonchev–Trinajstić information content (AvgIpc) is 3.12. The minimum absolute atomic E-state index is 0.0681. The van der Waals surface area contributed by atoms with E-state index < -0.39 is 36.4 Å². The Bertz CT molecular complexity index is 832. The van der Waals surface area contributed by atoms with Crippen LogP contribution in [0.3, 0.4) is 0 Å². The molecule has 0 aromatic carbocycles. The summed E-state index contributed by atoms with van der Waals surface area (Å²) < 4.78 is 4.91. The molecule has 1 saturated heterocycles. The molecule has 1 aliphatic heterocycles. The highest BCUT2D eigenvalue weighted by Crippen LogP contribution is 2.40. The topological polar surface area (TPSA) is 105 Å². The summed E-state index contributed by atoms with van der Waals surface area (Å²) in [5.41, 5.74) is 1.32. The zero-order valence-electron chi connectivity index (χ0n) is 16.5. The second kappa shape index (κ2) is 7.90. The van der Waals surface area contributed by atoms with E-state index in [0.717, 1.165) is 34.6 Å². The van der Waals surface area contributed by atoms with Gasteiger partial charge in [0.1, 0.15) is 17.6 Å². The first-order valence-corrected chi connectivity index (χ1v) is 10.2. The van der Waals surface area contributed by atoms with Crippen molar-refractivity contribution in [1.82, 2.24) is 10.2 Å². The van der Waals surface area contributed by atoms with Gasteiger partial charge in [-0.25, -0.2) is 9.59 Å². The van der Waals surface area contributed by atoms with Gasteiger partial charge in [-0.15, -0.1) is 11.3 Å². The van der Waals surface area contributed by atoms with Crippen molar-refractivity contribution in [3.05, 3.63) is 16.0 Å². The zero-order valence-corrected chi connectivity index (χ0v) is 17.3.